The number of hydrogen-bond acceptors (Lipinski definition) is 4. The Bertz CT molecular complexity index is 648. The Labute approximate surface area is 127 Å². The average Bonchev–Trinajstić information content (AvgIpc) is 2.92. The van der Waals surface area contributed by atoms with Crippen molar-refractivity contribution in [3.63, 3.8) is 0 Å². The van der Waals surface area contributed by atoms with E-state index in [1.165, 1.54) is 4.88 Å². The predicted octanol–water partition coefficient (Wildman–Crippen LogP) is 3.49. The quantitative estimate of drug-likeness (QED) is 0.830. The molecule has 0 spiro atoms. The third kappa shape index (κ3) is 4.36. The molecule has 0 saturated heterocycles. The average molecular weight is 303 g/mol. The number of hydrogen-bond donors (Lipinski definition) is 1. The molecule has 2 rings (SSSR count). The number of ether oxygens (including phenoxy) is 1. The van der Waals surface area contributed by atoms with Crippen LogP contribution in [0, 0.1) is 0 Å². The molecule has 0 radical (unpaired) electrons. The summed E-state index contributed by atoms with van der Waals surface area (Å²) >= 11 is 1.58. The van der Waals surface area contributed by atoms with E-state index >= 15 is 0 Å². The number of carboxylic acid groups (broad SMARTS) is 1. The molecule has 0 aliphatic rings. The highest BCUT2D eigenvalue weighted by Crippen LogP contribution is 2.24. The van der Waals surface area contributed by atoms with Crippen LogP contribution in [0.15, 0.2) is 42.5 Å². The first kappa shape index (κ1) is 15.1. The minimum Gasteiger partial charge on any atom is -0.497 e. The molecule has 0 saturated carbocycles. The molecule has 1 aromatic carbocycles. The molecule has 4 nitrogen and oxygen atoms in total. The maximum Gasteiger partial charge on any atom is 0.328 e. The first-order valence-electron chi connectivity index (χ1n) is 6.43. The van der Waals surface area contributed by atoms with Crippen LogP contribution in [-0.4, -0.2) is 25.2 Å². The van der Waals surface area contributed by atoms with Crippen LogP contribution in [0.1, 0.15) is 9.75 Å². The second-order valence-corrected chi connectivity index (χ2v) is 5.73. The normalized spacial score (nSPS) is 10.8. The fourth-order valence-corrected chi connectivity index (χ4v) is 2.86. The Morgan fingerprint density at radius 2 is 2.19 bits per heavy atom. The zero-order chi connectivity index (χ0) is 15.2. The molecule has 1 heterocycles. The molecule has 0 bridgehead atoms. The molecule has 0 fully saturated rings. The number of rotatable bonds is 6. The topological polar surface area (TPSA) is 49.8 Å². The lowest BCUT2D eigenvalue weighted by molar-refractivity contribution is -0.131. The summed E-state index contributed by atoms with van der Waals surface area (Å²) in [5.41, 5.74) is 1.07. The van der Waals surface area contributed by atoms with Gasteiger partial charge in [0, 0.05) is 34.6 Å². The van der Waals surface area contributed by atoms with Crippen molar-refractivity contribution in [3.05, 3.63) is 52.2 Å². The van der Waals surface area contributed by atoms with E-state index in [2.05, 4.69) is 4.90 Å². The highest BCUT2D eigenvalue weighted by atomic mass is 32.1. The molecule has 5 heteroatoms. The summed E-state index contributed by atoms with van der Waals surface area (Å²) in [6.07, 6.45) is 2.77. The van der Waals surface area contributed by atoms with Gasteiger partial charge in [0.15, 0.2) is 0 Å². The van der Waals surface area contributed by atoms with Crippen LogP contribution in [0.5, 0.6) is 5.75 Å². The van der Waals surface area contributed by atoms with Gasteiger partial charge in [-0.15, -0.1) is 11.3 Å². The monoisotopic (exact) mass is 303 g/mol. The lowest BCUT2D eigenvalue weighted by atomic mass is 10.2. The van der Waals surface area contributed by atoms with Gasteiger partial charge in [0.25, 0.3) is 0 Å². The number of carboxylic acids is 1. The highest BCUT2D eigenvalue weighted by molar-refractivity contribution is 7.12. The largest absolute Gasteiger partial charge is 0.497 e. The molecule has 110 valence electrons. The number of nitrogens with zero attached hydrogens (tertiary/aromatic N) is 1. The lowest BCUT2D eigenvalue weighted by Crippen LogP contribution is -2.15. The molecule has 0 atom stereocenters. The van der Waals surface area contributed by atoms with E-state index < -0.39 is 5.97 Å². The van der Waals surface area contributed by atoms with Crippen LogP contribution in [0.3, 0.4) is 0 Å². The smallest absolute Gasteiger partial charge is 0.328 e. The van der Waals surface area contributed by atoms with Crippen LogP contribution >= 0.6 is 11.3 Å². The SMILES string of the molecule is COc1cccc(N(C)Cc2ccc(C=CC(=O)O)s2)c1. The number of anilines is 1. The van der Waals surface area contributed by atoms with Gasteiger partial charge in [0.05, 0.1) is 13.7 Å². The van der Waals surface area contributed by atoms with E-state index in [0.29, 0.717) is 0 Å². The summed E-state index contributed by atoms with van der Waals surface area (Å²) in [6.45, 7) is 0.763. The van der Waals surface area contributed by atoms with Gasteiger partial charge < -0.3 is 14.7 Å². The number of aliphatic carboxylic acids is 1. The van der Waals surface area contributed by atoms with Gasteiger partial charge in [0.2, 0.25) is 0 Å². The van der Waals surface area contributed by atoms with E-state index in [0.717, 1.165) is 28.9 Å². The van der Waals surface area contributed by atoms with Gasteiger partial charge in [-0.05, 0) is 30.3 Å². The van der Waals surface area contributed by atoms with E-state index in [9.17, 15) is 4.79 Å². The summed E-state index contributed by atoms with van der Waals surface area (Å²) in [6, 6.07) is 11.8. The Morgan fingerprint density at radius 1 is 1.38 bits per heavy atom. The maximum atomic E-state index is 10.5. The van der Waals surface area contributed by atoms with Crippen molar-refractivity contribution >= 4 is 29.1 Å². The molecule has 0 unspecified atom stereocenters. The second kappa shape index (κ2) is 6.95. The van der Waals surface area contributed by atoms with Crippen LogP contribution in [0.25, 0.3) is 6.08 Å². The molecular weight excluding hydrogens is 286 g/mol. The summed E-state index contributed by atoms with van der Waals surface area (Å²) in [5.74, 6) is -0.103. The molecular formula is C16H17NO3S. The lowest BCUT2D eigenvalue weighted by Gasteiger charge is -2.19. The number of thiophene rings is 1. The summed E-state index contributed by atoms with van der Waals surface area (Å²) < 4.78 is 5.22. The van der Waals surface area contributed by atoms with Crippen LogP contribution in [-0.2, 0) is 11.3 Å². The van der Waals surface area contributed by atoms with Crippen molar-refractivity contribution in [1.29, 1.82) is 0 Å². The van der Waals surface area contributed by atoms with Crippen LogP contribution in [0.2, 0.25) is 0 Å². The van der Waals surface area contributed by atoms with Gasteiger partial charge in [-0.25, -0.2) is 4.79 Å². The fraction of sp³-hybridized carbons (Fsp3) is 0.188. The second-order valence-electron chi connectivity index (χ2n) is 4.53. The van der Waals surface area contributed by atoms with Gasteiger partial charge in [-0.1, -0.05) is 6.07 Å². The van der Waals surface area contributed by atoms with Crippen molar-refractivity contribution in [2.45, 2.75) is 6.54 Å². The standard InChI is InChI=1S/C16H17NO3S/c1-17(12-4-3-5-13(10-12)20-2)11-15-7-6-14(21-15)8-9-16(18)19/h3-10H,11H2,1-2H3,(H,18,19). The molecule has 0 aliphatic heterocycles. The zero-order valence-corrected chi connectivity index (χ0v) is 12.8. The van der Waals surface area contributed by atoms with E-state index in [-0.39, 0.29) is 0 Å². The first-order chi connectivity index (χ1) is 10.1. The summed E-state index contributed by atoms with van der Waals surface area (Å²) in [4.78, 5) is 14.7. The van der Waals surface area contributed by atoms with Crippen molar-refractivity contribution in [2.24, 2.45) is 0 Å². The van der Waals surface area contributed by atoms with Gasteiger partial charge in [0.1, 0.15) is 5.75 Å². The van der Waals surface area contributed by atoms with Gasteiger partial charge in [-0.2, -0.15) is 0 Å². The van der Waals surface area contributed by atoms with Crippen LogP contribution in [0.4, 0.5) is 5.69 Å². The van der Waals surface area contributed by atoms with Crippen LogP contribution < -0.4 is 9.64 Å². The van der Waals surface area contributed by atoms with Gasteiger partial charge in [-0.3, -0.25) is 0 Å². The van der Waals surface area contributed by atoms with E-state index in [4.69, 9.17) is 9.84 Å². The Hall–Kier alpha value is -2.27. The van der Waals surface area contributed by atoms with Crippen molar-refractivity contribution < 1.29 is 14.6 Å². The fourth-order valence-electron chi connectivity index (χ4n) is 1.90. The Kier molecular flexibility index (Phi) is 5.00. The third-order valence-electron chi connectivity index (χ3n) is 2.96. The molecule has 2 aromatic rings. The maximum absolute atomic E-state index is 10.5. The van der Waals surface area contributed by atoms with Gasteiger partial charge >= 0.3 is 5.97 Å². The van der Waals surface area contributed by atoms with Crippen molar-refractivity contribution in [2.75, 3.05) is 19.1 Å². The highest BCUT2D eigenvalue weighted by Gasteiger charge is 2.05. The molecule has 21 heavy (non-hydrogen) atoms. The number of benzene rings is 1. The zero-order valence-electron chi connectivity index (χ0n) is 11.9. The molecule has 1 aromatic heterocycles. The predicted molar refractivity (Wildman–Crippen MR) is 86.1 cm³/mol. The third-order valence-corrected chi connectivity index (χ3v) is 3.99. The molecule has 1 N–H and O–H groups in total. The summed E-state index contributed by atoms with van der Waals surface area (Å²) in [5, 5.41) is 8.62. The molecule has 0 amide bonds. The van der Waals surface area contributed by atoms with Crippen molar-refractivity contribution in [3.8, 4) is 5.75 Å². The summed E-state index contributed by atoms with van der Waals surface area (Å²) in [7, 11) is 3.67. The Morgan fingerprint density at radius 3 is 2.90 bits per heavy atom. The van der Waals surface area contributed by atoms with E-state index in [1.54, 1.807) is 24.5 Å². The Balaban J connectivity index is 2.05. The molecule has 0 aliphatic carbocycles. The number of methoxy groups -OCH3 is 1. The first-order valence-corrected chi connectivity index (χ1v) is 7.25. The number of carbonyl (C=O) groups is 1. The minimum absolute atomic E-state index is 0.763. The van der Waals surface area contributed by atoms with Crippen molar-refractivity contribution in [1.82, 2.24) is 0 Å². The minimum atomic E-state index is -0.932. The van der Waals surface area contributed by atoms with E-state index in [1.807, 2.05) is 43.4 Å².